The van der Waals surface area contributed by atoms with Crippen LogP contribution < -0.4 is 5.32 Å². The molecule has 2 rings (SSSR count). The van der Waals surface area contributed by atoms with Gasteiger partial charge in [0.25, 0.3) is 0 Å². The summed E-state index contributed by atoms with van der Waals surface area (Å²) in [6.07, 6.45) is 2.38. The molecule has 1 N–H and O–H groups in total. The number of hydrogen-bond donors (Lipinski definition) is 1. The molecule has 0 amide bonds. The molecule has 0 spiro atoms. The van der Waals surface area contributed by atoms with Gasteiger partial charge in [0.1, 0.15) is 0 Å². The zero-order chi connectivity index (χ0) is 13.8. The van der Waals surface area contributed by atoms with Gasteiger partial charge in [-0.25, -0.2) is 0 Å². The Morgan fingerprint density at radius 3 is 2.89 bits per heavy atom. The Balaban J connectivity index is 2.11. The average Bonchev–Trinajstić information content (AvgIpc) is 2.61. The Hall–Kier alpha value is -0.580. The minimum absolute atomic E-state index is 0.598. The molecule has 1 saturated heterocycles. The minimum atomic E-state index is 0.598. The fourth-order valence-corrected chi connectivity index (χ4v) is 2.92. The zero-order valence-electron chi connectivity index (χ0n) is 12.2. The van der Waals surface area contributed by atoms with Crippen LogP contribution in [0.15, 0.2) is 0 Å². The Morgan fingerprint density at radius 1 is 1.42 bits per heavy atom. The van der Waals surface area contributed by atoms with E-state index in [-0.39, 0.29) is 0 Å². The van der Waals surface area contributed by atoms with Crippen LogP contribution in [0.2, 0.25) is 5.02 Å². The van der Waals surface area contributed by atoms with E-state index in [9.17, 15) is 0 Å². The Kier molecular flexibility index (Phi) is 5.25. The van der Waals surface area contributed by atoms with E-state index in [0.29, 0.717) is 6.04 Å². The molecular weight excluding hydrogens is 260 g/mol. The van der Waals surface area contributed by atoms with E-state index in [2.05, 4.69) is 29.2 Å². The molecule has 0 radical (unpaired) electrons. The van der Waals surface area contributed by atoms with Crippen molar-refractivity contribution >= 4 is 11.6 Å². The van der Waals surface area contributed by atoms with Gasteiger partial charge in [-0.15, -0.1) is 0 Å². The average molecular weight is 285 g/mol. The van der Waals surface area contributed by atoms with Crippen molar-refractivity contribution in [3.63, 3.8) is 0 Å². The van der Waals surface area contributed by atoms with Crippen molar-refractivity contribution in [3.05, 3.63) is 16.4 Å². The smallest absolute Gasteiger partial charge is 0.0860 e. The van der Waals surface area contributed by atoms with E-state index >= 15 is 0 Å². The van der Waals surface area contributed by atoms with Gasteiger partial charge in [-0.2, -0.15) is 5.10 Å². The number of aryl methyl sites for hydroxylation is 2. The lowest BCUT2D eigenvalue weighted by atomic mass is 10.2. The van der Waals surface area contributed by atoms with Gasteiger partial charge in [-0.1, -0.05) is 18.5 Å². The number of aromatic nitrogens is 2. The van der Waals surface area contributed by atoms with Crippen LogP contribution in [0.5, 0.6) is 0 Å². The highest BCUT2D eigenvalue weighted by molar-refractivity contribution is 6.31. The predicted octanol–water partition coefficient (Wildman–Crippen LogP) is 2.44. The summed E-state index contributed by atoms with van der Waals surface area (Å²) in [4.78, 5) is 2.50. The van der Waals surface area contributed by atoms with Crippen LogP contribution >= 0.6 is 11.6 Å². The van der Waals surface area contributed by atoms with Crippen LogP contribution in [0.1, 0.15) is 38.1 Å². The van der Waals surface area contributed by atoms with Crippen LogP contribution in [-0.2, 0) is 13.1 Å². The van der Waals surface area contributed by atoms with Gasteiger partial charge in [0, 0.05) is 25.7 Å². The molecular formula is C14H25ClN4. The summed E-state index contributed by atoms with van der Waals surface area (Å²) in [5, 5.41) is 8.94. The fraction of sp³-hybridized carbons (Fsp3) is 0.786. The summed E-state index contributed by atoms with van der Waals surface area (Å²) in [6.45, 7) is 11.5. The molecule has 1 unspecified atom stereocenters. The summed E-state index contributed by atoms with van der Waals surface area (Å²) in [5.41, 5.74) is 2.11. The Bertz CT molecular complexity index is 416. The molecule has 19 heavy (non-hydrogen) atoms. The van der Waals surface area contributed by atoms with Crippen LogP contribution in [0.4, 0.5) is 0 Å². The third kappa shape index (κ3) is 3.50. The quantitative estimate of drug-likeness (QED) is 0.922. The Labute approximate surface area is 121 Å². The number of halogens is 1. The lowest BCUT2D eigenvalue weighted by molar-refractivity contribution is 0.250. The van der Waals surface area contributed by atoms with Gasteiger partial charge in [-0.3, -0.25) is 9.58 Å². The maximum atomic E-state index is 6.40. The normalized spacial score (nSPS) is 21.6. The lowest BCUT2D eigenvalue weighted by Gasteiger charge is -2.24. The summed E-state index contributed by atoms with van der Waals surface area (Å²) < 4.78 is 2.04. The maximum absolute atomic E-state index is 6.40. The highest BCUT2D eigenvalue weighted by Gasteiger charge is 2.20. The number of hydrogen-bond acceptors (Lipinski definition) is 3. The zero-order valence-corrected chi connectivity index (χ0v) is 13.0. The van der Waals surface area contributed by atoms with E-state index in [0.717, 1.165) is 43.4 Å². The van der Waals surface area contributed by atoms with Crippen molar-refractivity contribution in [3.8, 4) is 0 Å². The van der Waals surface area contributed by atoms with Crippen molar-refractivity contribution in [2.24, 2.45) is 0 Å². The third-order valence-corrected chi connectivity index (χ3v) is 4.37. The van der Waals surface area contributed by atoms with E-state index in [4.69, 9.17) is 11.6 Å². The van der Waals surface area contributed by atoms with E-state index in [1.807, 2.05) is 11.6 Å². The molecule has 0 aromatic carbocycles. The van der Waals surface area contributed by atoms with Crippen LogP contribution in [0, 0.1) is 6.92 Å². The monoisotopic (exact) mass is 284 g/mol. The highest BCUT2D eigenvalue weighted by atomic mass is 35.5. The van der Waals surface area contributed by atoms with Crippen molar-refractivity contribution in [1.82, 2.24) is 20.0 Å². The van der Waals surface area contributed by atoms with Gasteiger partial charge < -0.3 is 5.32 Å². The molecule has 1 fully saturated rings. The third-order valence-electron chi connectivity index (χ3n) is 3.88. The standard InChI is InChI=1S/C14H25ClN4/c1-4-12-9-18(8-6-7-16-12)10-13-14(15)11(3)17-19(13)5-2/h12,16H,4-10H2,1-3H3. The van der Waals surface area contributed by atoms with Crippen molar-refractivity contribution in [1.29, 1.82) is 0 Å². The summed E-state index contributed by atoms with van der Waals surface area (Å²) in [6, 6.07) is 0.598. The molecule has 0 bridgehead atoms. The summed E-state index contributed by atoms with van der Waals surface area (Å²) in [7, 11) is 0. The van der Waals surface area contributed by atoms with Gasteiger partial charge in [0.2, 0.25) is 0 Å². The maximum Gasteiger partial charge on any atom is 0.0860 e. The molecule has 1 atom stereocenters. The molecule has 1 aliphatic rings. The number of nitrogens with one attached hydrogen (secondary N) is 1. The molecule has 1 aromatic rings. The molecule has 2 heterocycles. The summed E-state index contributed by atoms with van der Waals surface area (Å²) >= 11 is 6.40. The predicted molar refractivity (Wildman–Crippen MR) is 79.6 cm³/mol. The van der Waals surface area contributed by atoms with Crippen LogP contribution in [0.3, 0.4) is 0 Å². The van der Waals surface area contributed by atoms with Gasteiger partial charge in [-0.05, 0) is 39.8 Å². The molecule has 1 aliphatic heterocycles. The van der Waals surface area contributed by atoms with E-state index in [1.165, 1.54) is 18.5 Å². The molecule has 0 saturated carbocycles. The number of rotatable bonds is 4. The molecule has 0 aliphatic carbocycles. The van der Waals surface area contributed by atoms with E-state index < -0.39 is 0 Å². The second-order valence-corrected chi connectivity index (χ2v) is 5.69. The van der Waals surface area contributed by atoms with E-state index in [1.54, 1.807) is 0 Å². The van der Waals surface area contributed by atoms with Crippen molar-refractivity contribution < 1.29 is 0 Å². The topological polar surface area (TPSA) is 33.1 Å². The van der Waals surface area contributed by atoms with Crippen molar-refractivity contribution in [2.45, 2.75) is 52.7 Å². The first-order chi connectivity index (χ1) is 9.15. The van der Waals surface area contributed by atoms with Crippen LogP contribution in [0.25, 0.3) is 0 Å². The van der Waals surface area contributed by atoms with Crippen molar-refractivity contribution in [2.75, 3.05) is 19.6 Å². The first-order valence-corrected chi connectivity index (χ1v) is 7.71. The first kappa shape index (κ1) is 14.8. The largest absolute Gasteiger partial charge is 0.313 e. The second-order valence-electron chi connectivity index (χ2n) is 5.31. The molecule has 108 valence electrons. The Morgan fingerprint density at radius 2 is 2.21 bits per heavy atom. The van der Waals surface area contributed by atoms with Crippen LogP contribution in [-0.4, -0.2) is 40.4 Å². The fourth-order valence-electron chi connectivity index (χ4n) is 2.73. The van der Waals surface area contributed by atoms with Gasteiger partial charge in [0.05, 0.1) is 16.4 Å². The van der Waals surface area contributed by atoms with Gasteiger partial charge >= 0.3 is 0 Å². The minimum Gasteiger partial charge on any atom is -0.313 e. The molecule has 1 aromatic heterocycles. The lowest BCUT2D eigenvalue weighted by Crippen LogP contribution is -2.37. The number of nitrogens with zero attached hydrogens (tertiary/aromatic N) is 3. The molecule has 5 heteroatoms. The second kappa shape index (κ2) is 6.73. The highest BCUT2D eigenvalue weighted by Crippen LogP contribution is 2.22. The molecule has 4 nitrogen and oxygen atoms in total. The summed E-state index contributed by atoms with van der Waals surface area (Å²) in [5.74, 6) is 0. The van der Waals surface area contributed by atoms with Gasteiger partial charge in [0.15, 0.2) is 0 Å². The SMILES string of the molecule is CCC1CN(Cc2c(Cl)c(C)nn2CC)CCCN1. The first-order valence-electron chi connectivity index (χ1n) is 7.33.